The van der Waals surface area contributed by atoms with E-state index in [1.165, 1.54) is 0 Å². The SMILES string of the molecule is Nc1cc2c(cc1CSc1ncccc1Br)OCCO2. The molecule has 0 saturated carbocycles. The number of aromatic nitrogens is 1. The lowest BCUT2D eigenvalue weighted by molar-refractivity contribution is 0.171. The van der Waals surface area contributed by atoms with Crippen molar-refractivity contribution in [1.29, 1.82) is 0 Å². The molecule has 3 rings (SSSR count). The summed E-state index contributed by atoms with van der Waals surface area (Å²) in [5.74, 6) is 2.22. The highest BCUT2D eigenvalue weighted by atomic mass is 79.9. The second kappa shape index (κ2) is 5.93. The smallest absolute Gasteiger partial charge is 0.163 e. The van der Waals surface area contributed by atoms with E-state index in [0.29, 0.717) is 18.9 Å². The maximum atomic E-state index is 6.07. The van der Waals surface area contributed by atoms with Crippen molar-refractivity contribution in [3.63, 3.8) is 0 Å². The summed E-state index contributed by atoms with van der Waals surface area (Å²) in [5, 5.41) is 0.946. The summed E-state index contributed by atoms with van der Waals surface area (Å²) < 4.78 is 12.1. The molecule has 1 aliphatic heterocycles. The van der Waals surface area contributed by atoms with Gasteiger partial charge in [0, 0.05) is 28.2 Å². The van der Waals surface area contributed by atoms with Gasteiger partial charge in [-0.1, -0.05) is 0 Å². The Kier molecular flexibility index (Phi) is 4.03. The number of anilines is 1. The van der Waals surface area contributed by atoms with Gasteiger partial charge in [-0.15, -0.1) is 11.8 Å². The fraction of sp³-hybridized carbons (Fsp3) is 0.214. The second-order valence-electron chi connectivity index (χ2n) is 4.27. The maximum absolute atomic E-state index is 6.07. The van der Waals surface area contributed by atoms with Gasteiger partial charge >= 0.3 is 0 Å². The lowest BCUT2D eigenvalue weighted by Crippen LogP contribution is -2.15. The van der Waals surface area contributed by atoms with Gasteiger partial charge in [-0.05, 0) is 39.7 Å². The standard InChI is InChI=1S/C14H13BrN2O2S/c15-10-2-1-3-17-14(10)20-8-9-6-12-13(7-11(9)16)19-5-4-18-12/h1-3,6-7H,4-5,8,16H2. The summed E-state index contributed by atoms with van der Waals surface area (Å²) in [5.41, 5.74) is 7.81. The van der Waals surface area contributed by atoms with E-state index in [0.717, 1.165) is 32.3 Å². The number of pyridine rings is 1. The van der Waals surface area contributed by atoms with Crippen LogP contribution in [-0.4, -0.2) is 18.2 Å². The number of hydrogen-bond donors (Lipinski definition) is 1. The molecule has 1 aromatic carbocycles. The average molecular weight is 353 g/mol. The third kappa shape index (κ3) is 2.86. The van der Waals surface area contributed by atoms with Crippen LogP contribution >= 0.6 is 27.7 Å². The normalized spacial score (nSPS) is 13.2. The summed E-state index contributed by atoms with van der Waals surface area (Å²) in [6.45, 7) is 1.15. The number of thioether (sulfide) groups is 1. The first-order valence-electron chi connectivity index (χ1n) is 6.15. The molecule has 2 N–H and O–H groups in total. The molecule has 2 heterocycles. The molecule has 104 valence electrons. The van der Waals surface area contributed by atoms with Gasteiger partial charge in [0.25, 0.3) is 0 Å². The van der Waals surface area contributed by atoms with Crippen LogP contribution in [-0.2, 0) is 5.75 Å². The molecular formula is C14H13BrN2O2S. The maximum Gasteiger partial charge on any atom is 0.163 e. The molecule has 0 atom stereocenters. The first-order valence-corrected chi connectivity index (χ1v) is 7.93. The Labute approximate surface area is 129 Å². The number of nitrogen functional groups attached to an aromatic ring is 1. The first kappa shape index (κ1) is 13.6. The van der Waals surface area contributed by atoms with Gasteiger partial charge in [-0.25, -0.2) is 4.98 Å². The molecule has 4 nitrogen and oxygen atoms in total. The summed E-state index contributed by atoms with van der Waals surface area (Å²) in [7, 11) is 0. The highest BCUT2D eigenvalue weighted by Crippen LogP contribution is 2.37. The minimum atomic E-state index is 0.571. The number of fused-ring (bicyclic) bond motifs is 1. The predicted molar refractivity (Wildman–Crippen MR) is 83.3 cm³/mol. The lowest BCUT2D eigenvalue weighted by Gasteiger charge is -2.20. The Balaban J connectivity index is 1.79. The van der Waals surface area contributed by atoms with Gasteiger partial charge in [0.05, 0.1) is 0 Å². The van der Waals surface area contributed by atoms with Crippen LogP contribution in [0, 0.1) is 0 Å². The van der Waals surface area contributed by atoms with Crippen LogP contribution in [0.5, 0.6) is 11.5 Å². The van der Waals surface area contributed by atoms with Crippen molar-refractivity contribution in [2.24, 2.45) is 0 Å². The number of hydrogen-bond acceptors (Lipinski definition) is 5. The Morgan fingerprint density at radius 1 is 1.25 bits per heavy atom. The van der Waals surface area contributed by atoms with E-state index in [9.17, 15) is 0 Å². The number of benzene rings is 1. The van der Waals surface area contributed by atoms with Crippen molar-refractivity contribution in [2.45, 2.75) is 10.8 Å². The third-order valence-corrected chi connectivity index (χ3v) is 4.85. The van der Waals surface area contributed by atoms with Crippen molar-refractivity contribution >= 4 is 33.4 Å². The third-order valence-electron chi connectivity index (χ3n) is 2.89. The molecule has 0 amide bonds. The highest BCUT2D eigenvalue weighted by Gasteiger charge is 2.15. The molecule has 0 bridgehead atoms. The fourth-order valence-electron chi connectivity index (χ4n) is 1.90. The molecule has 20 heavy (non-hydrogen) atoms. The topological polar surface area (TPSA) is 57.4 Å². The van der Waals surface area contributed by atoms with E-state index >= 15 is 0 Å². The largest absolute Gasteiger partial charge is 0.486 e. The molecule has 0 aliphatic carbocycles. The zero-order valence-corrected chi connectivity index (χ0v) is 13.0. The molecule has 0 saturated heterocycles. The first-order chi connectivity index (χ1) is 9.74. The number of nitrogens with two attached hydrogens (primary N) is 1. The molecular weight excluding hydrogens is 340 g/mol. The predicted octanol–water partition coefficient (Wildman–Crippen LogP) is 3.49. The van der Waals surface area contributed by atoms with E-state index in [4.69, 9.17) is 15.2 Å². The van der Waals surface area contributed by atoms with Gasteiger partial charge in [0.1, 0.15) is 18.2 Å². The minimum Gasteiger partial charge on any atom is -0.486 e. The van der Waals surface area contributed by atoms with E-state index in [1.807, 2.05) is 24.3 Å². The molecule has 0 fully saturated rings. The van der Waals surface area contributed by atoms with Crippen LogP contribution in [0.1, 0.15) is 5.56 Å². The van der Waals surface area contributed by atoms with Crippen LogP contribution in [0.4, 0.5) is 5.69 Å². The van der Waals surface area contributed by atoms with Crippen molar-refractivity contribution < 1.29 is 9.47 Å². The Morgan fingerprint density at radius 2 is 2.00 bits per heavy atom. The van der Waals surface area contributed by atoms with Crippen LogP contribution in [0.3, 0.4) is 0 Å². The minimum absolute atomic E-state index is 0.571. The van der Waals surface area contributed by atoms with E-state index < -0.39 is 0 Å². The second-order valence-corrected chi connectivity index (χ2v) is 6.09. The lowest BCUT2D eigenvalue weighted by atomic mass is 10.2. The average Bonchev–Trinajstić information content (AvgIpc) is 2.46. The van der Waals surface area contributed by atoms with Crippen molar-refractivity contribution in [3.8, 4) is 11.5 Å². The molecule has 2 aromatic rings. The van der Waals surface area contributed by atoms with Crippen molar-refractivity contribution in [1.82, 2.24) is 4.98 Å². The summed E-state index contributed by atoms with van der Waals surface area (Å²) >= 11 is 5.12. The zero-order valence-electron chi connectivity index (χ0n) is 10.6. The summed E-state index contributed by atoms with van der Waals surface area (Å²) in [6, 6.07) is 7.65. The Morgan fingerprint density at radius 3 is 2.75 bits per heavy atom. The van der Waals surface area contributed by atoms with Gasteiger partial charge in [0.15, 0.2) is 11.5 Å². The summed E-state index contributed by atoms with van der Waals surface area (Å²) in [6.07, 6.45) is 1.78. The van der Waals surface area contributed by atoms with Crippen LogP contribution < -0.4 is 15.2 Å². The van der Waals surface area contributed by atoms with Gasteiger partial charge < -0.3 is 15.2 Å². The van der Waals surface area contributed by atoms with E-state index in [-0.39, 0.29) is 0 Å². The fourth-order valence-corrected chi connectivity index (χ4v) is 3.38. The Hall–Kier alpha value is -1.40. The van der Waals surface area contributed by atoms with Gasteiger partial charge in [0.2, 0.25) is 0 Å². The molecule has 0 radical (unpaired) electrons. The van der Waals surface area contributed by atoms with Crippen LogP contribution in [0.2, 0.25) is 0 Å². The number of ether oxygens (including phenoxy) is 2. The molecule has 0 unspecified atom stereocenters. The monoisotopic (exact) mass is 352 g/mol. The quantitative estimate of drug-likeness (QED) is 0.676. The highest BCUT2D eigenvalue weighted by molar-refractivity contribution is 9.10. The molecule has 6 heteroatoms. The molecule has 1 aromatic heterocycles. The summed E-state index contributed by atoms with van der Waals surface area (Å²) in [4.78, 5) is 4.33. The van der Waals surface area contributed by atoms with E-state index in [1.54, 1.807) is 18.0 Å². The number of nitrogens with zero attached hydrogens (tertiary/aromatic N) is 1. The molecule has 1 aliphatic rings. The van der Waals surface area contributed by atoms with Crippen molar-refractivity contribution in [3.05, 3.63) is 40.5 Å². The van der Waals surface area contributed by atoms with E-state index in [2.05, 4.69) is 20.9 Å². The number of halogens is 1. The number of rotatable bonds is 3. The van der Waals surface area contributed by atoms with Crippen LogP contribution in [0.15, 0.2) is 40.0 Å². The van der Waals surface area contributed by atoms with Crippen molar-refractivity contribution in [2.75, 3.05) is 18.9 Å². The van der Waals surface area contributed by atoms with Gasteiger partial charge in [-0.3, -0.25) is 0 Å². The van der Waals surface area contributed by atoms with Crippen LogP contribution in [0.25, 0.3) is 0 Å². The zero-order chi connectivity index (χ0) is 13.9. The Bertz CT molecular complexity index is 637. The molecule has 0 spiro atoms. The van der Waals surface area contributed by atoms with Gasteiger partial charge in [-0.2, -0.15) is 0 Å².